The molecule has 1 atom stereocenters. The Balaban J connectivity index is 1.65. The normalized spacial score (nSPS) is 11.9. The molecule has 26 heavy (non-hydrogen) atoms. The number of carbonyl (C=O) groups excluding carboxylic acids is 1. The number of amides is 1. The molecule has 1 amide bonds. The average molecular weight is 357 g/mol. The summed E-state index contributed by atoms with van der Waals surface area (Å²) in [4.78, 5) is 23.2. The molecule has 2 aromatic heterocycles. The zero-order chi connectivity index (χ0) is 18.7. The summed E-state index contributed by atoms with van der Waals surface area (Å²) >= 11 is 0. The topological polar surface area (TPSA) is 102 Å². The maximum Gasteiger partial charge on any atom is 0.328 e. The maximum absolute atomic E-state index is 13.2. The van der Waals surface area contributed by atoms with Crippen LogP contribution in [0.2, 0.25) is 0 Å². The van der Waals surface area contributed by atoms with Gasteiger partial charge in [-0.1, -0.05) is 12.1 Å². The molecule has 0 saturated carbocycles. The van der Waals surface area contributed by atoms with Crippen molar-refractivity contribution in [1.82, 2.24) is 19.6 Å². The number of carboxylic acids is 1. The van der Waals surface area contributed by atoms with Gasteiger partial charge in [-0.3, -0.25) is 14.2 Å². The number of nitrogens with zero attached hydrogens (tertiary/aromatic N) is 4. The minimum atomic E-state index is -1.04. The lowest BCUT2D eigenvalue weighted by Gasteiger charge is -2.05. The molecule has 3 rings (SSSR count). The molecular weight excluding hydrogens is 341 g/mol. The van der Waals surface area contributed by atoms with Crippen molar-refractivity contribution in [1.29, 1.82) is 0 Å². The number of halogens is 1. The molecule has 0 aliphatic heterocycles. The van der Waals surface area contributed by atoms with Gasteiger partial charge in [0.1, 0.15) is 11.9 Å². The summed E-state index contributed by atoms with van der Waals surface area (Å²) in [5, 5.41) is 19.7. The third-order valence-electron chi connectivity index (χ3n) is 3.72. The second-order valence-electron chi connectivity index (χ2n) is 5.71. The number of benzene rings is 1. The van der Waals surface area contributed by atoms with Gasteiger partial charge in [0.05, 0.1) is 18.4 Å². The lowest BCUT2D eigenvalue weighted by molar-refractivity contribution is -0.140. The van der Waals surface area contributed by atoms with Crippen LogP contribution in [-0.4, -0.2) is 36.5 Å². The third kappa shape index (κ3) is 3.94. The highest BCUT2D eigenvalue weighted by Gasteiger charge is 2.17. The molecule has 0 bridgehead atoms. The first kappa shape index (κ1) is 17.3. The van der Waals surface area contributed by atoms with Gasteiger partial charge in [0, 0.05) is 12.4 Å². The molecular formula is C17H16FN5O3. The maximum atomic E-state index is 13.2. The SMILES string of the molecule is CC(C(=O)O)n1ccc(C(=O)Nc2cnn(Cc3cccc(F)c3)c2)n1. The average Bonchev–Trinajstić information content (AvgIpc) is 3.24. The molecule has 8 nitrogen and oxygen atoms in total. The molecule has 9 heteroatoms. The van der Waals surface area contributed by atoms with E-state index in [0.29, 0.717) is 12.2 Å². The predicted octanol–water partition coefficient (Wildman–Crippen LogP) is 2.16. The predicted molar refractivity (Wildman–Crippen MR) is 90.3 cm³/mol. The summed E-state index contributed by atoms with van der Waals surface area (Å²) in [6.07, 6.45) is 4.51. The monoisotopic (exact) mass is 357 g/mol. The van der Waals surface area contributed by atoms with Crippen LogP contribution in [0.25, 0.3) is 0 Å². The van der Waals surface area contributed by atoms with Gasteiger partial charge in [0.25, 0.3) is 5.91 Å². The molecule has 2 heterocycles. The molecule has 0 fully saturated rings. The first-order valence-corrected chi connectivity index (χ1v) is 7.78. The molecule has 1 aromatic carbocycles. The highest BCUT2D eigenvalue weighted by molar-refractivity contribution is 6.02. The Hall–Kier alpha value is -3.49. The van der Waals surface area contributed by atoms with Crippen molar-refractivity contribution in [2.24, 2.45) is 0 Å². The number of aliphatic carboxylic acids is 1. The highest BCUT2D eigenvalue weighted by Crippen LogP contribution is 2.12. The second-order valence-corrected chi connectivity index (χ2v) is 5.71. The number of hydrogen-bond acceptors (Lipinski definition) is 4. The van der Waals surface area contributed by atoms with Crippen LogP contribution in [0.3, 0.4) is 0 Å². The van der Waals surface area contributed by atoms with Crippen molar-refractivity contribution in [3.8, 4) is 0 Å². The van der Waals surface area contributed by atoms with E-state index >= 15 is 0 Å². The van der Waals surface area contributed by atoms with Crippen molar-refractivity contribution in [2.45, 2.75) is 19.5 Å². The number of carboxylic acid groups (broad SMARTS) is 1. The number of anilines is 1. The van der Waals surface area contributed by atoms with E-state index in [1.807, 2.05) is 0 Å². The molecule has 1 unspecified atom stereocenters. The summed E-state index contributed by atoms with van der Waals surface area (Å²) in [6.45, 7) is 1.83. The van der Waals surface area contributed by atoms with E-state index in [-0.39, 0.29) is 11.5 Å². The van der Waals surface area contributed by atoms with E-state index in [1.165, 1.54) is 42.2 Å². The van der Waals surface area contributed by atoms with Crippen molar-refractivity contribution >= 4 is 17.6 Å². The van der Waals surface area contributed by atoms with Gasteiger partial charge >= 0.3 is 5.97 Å². The van der Waals surface area contributed by atoms with Crippen molar-refractivity contribution in [3.05, 3.63) is 66.0 Å². The van der Waals surface area contributed by atoms with Gasteiger partial charge in [-0.2, -0.15) is 10.2 Å². The van der Waals surface area contributed by atoms with Crippen LogP contribution in [0.4, 0.5) is 10.1 Å². The number of aromatic nitrogens is 4. The first-order chi connectivity index (χ1) is 12.4. The van der Waals surface area contributed by atoms with E-state index < -0.39 is 17.9 Å². The molecule has 3 aromatic rings. The fourth-order valence-corrected chi connectivity index (χ4v) is 2.32. The Kier molecular flexibility index (Phi) is 4.78. The van der Waals surface area contributed by atoms with E-state index in [0.717, 1.165) is 5.56 Å². The fourth-order valence-electron chi connectivity index (χ4n) is 2.32. The fraction of sp³-hybridized carbons (Fsp3) is 0.176. The Labute approximate surface area is 147 Å². The number of hydrogen-bond donors (Lipinski definition) is 2. The van der Waals surface area contributed by atoms with Gasteiger partial charge in [0.15, 0.2) is 5.69 Å². The summed E-state index contributed by atoms with van der Waals surface area (Å²) in [7, 11) is 0. The Morgan fingerprint density at radius 3 is 2.88 bits per heavy atom. The van der Waals surface area contributed by atoms with E-state index in [2.05, 4.69) is 15.5 Å². The zero-order valence-electron chi connectivity index (χ0n) is 13.8. The quantitative estimate of drug-likeness (QED) is 0.704. The lowest BCUT2D eigenvalue weighted by Crippen LogP contribution is -2.18. The highest BCUT2D eigenvalue weighted by atomic mass is 19.1. The summed E-state index contributed by atoms with van der Waals surface area (Å²) < 4.78 is 16.0. The van der Waals surface area contributed by atoms with Gasteiger partial charge in [-0.25, -0.2) is 9.18 Å². The van der Waals surface area contributed by atoms with E-state index in [1.54, 1.807) is 23.0 Å². The van der Waals surface area contributed by atoms with Crippen molar-refractivity contribution in [2.75, 3.05) is 5.32 Å². The first-order valence-electron chi connectivity index (χ1n) is 7.78. The summed E-state index contributed by atoms with van der Waals surface area (Å²) in [5.74, 6) is -1.85. The Morgan fingerprint density at radius 1 is 1.35 bits per heavy atom. The number of nitrogens with one attached hydrogen (secondary N) is 1. The van der Waals surface area contributed by atoms with Crippen LogP contribution in [0.1, 0.15) is 29.0 Å². The van der Waals surface area contributed by atoms with E-state index in [4.69, 9.17) is 5.11 Å². The standard InChI is InChI=1S/C17H16FN5O3/c1-11(17(25)26)23-6-5-15(21-23)16(24)20-14-8-19-22(10-14)9-12-3-2-4-13(18)7-12/h2-8,10-11H,9H2,1H3,(H,20,24)(H,25,26). The van der Waals surface area contributed by atoms with Crippen LogP contribution in [-0.2, 0) is 11.3 Å². The molecule has 0 radical (unpaired) electrons. The molecule has 134 valence electrons. The largest absolute Gasteiger partial charge is 0.480 e. The van der Waals surface area contributed by atoms with Gasteiger partial charge < -0.3 is 10.4 Å². The van der Waals surface area contributed by atoms with Crippen molar-refractivity contribution < 1.29 is 19.1 Å². The lowest BCUT2D eigenvalue weighted by atomic mass is 10.2. The van der Waals surface area contributed by atoms with Gasteiger partial charge in [-0.05, 0) is 30.7 Å². The molecule has 0 saturated heterocycles. The van der Waals surface area contributed by atoms with E-state index in [9.17, 15) is 14.0 Å². The minimum Gasteiger partial charge on any atom is -0.480 e. The number of rotatable bonds is 6. The van der Waals surface area contributed by atoms with Crippen LogP contribution in [0.5, 0.6) is 0 Å². The Morgan fingerprint density at radius 2 is 2.15 bits per heavy atom. The summed E-state index contributed by atoms with van der Waals surface area (Å²) in [5.41, 5.74) is 1.29. The van der Waals surface area contributed by atoms with Crippen LogP contribution >= 0.6 is 0 Å². The summed E-state index contributed by atoms with van der Waals surface area (Å²) in [6, 6.07) is 6.74. The van der Waals surface area contributed by atoms with Crippen LogP contribution < -0.4 is 5.32 Å². The minimum absolute atomic E-state index is 0.0935. The molecule has 0 spiro atoms. The third-order valence-corrected chi connectivity index (χ3v) is 3.72. The smallest absolute Gasteiger partial charge is 0.328 e. The van der Waals surface area contributed by atoms with Crippen molar-refractivity contribution in [3.63, 3.8) is 0 Å². The Bertz CT molecular complexity index is 949. The zero-order valence-corrected chi connectivity index (χ0v) is 13.8. The number of carbonyl (C=O) groups is 2. The molecule has 0 aliphatic rings. The second kappa shape index (κ2) is 7.18. The van der Waals surface area contributed by atoms with Crippen LogP contribution in [0, 0.1) is 5.82 Å². The molecule has 0 aliphatic carbocycles. The van der Waals surface area contributed by atoms with Gasteiger partial charge in [0.2, 0.25) is 0 Å². The van der Waals surface area contributed by atoms with Gasteiger partial charge in [-0.15, -0.1) is 0 Å². The molecule has 2 N–H and O–H groups in total. The van der Waals surface area contributed by atoms with Crippen LogP contribution in [0.15, 0.2) is 48.9 Å².